The molecule has 130 valence electrons. The molecular formula is C17H14ClF2N3O2. The van der Waals surface area contributed by atoms with Gasteiger partial charge in [0.25, 0.3) is 0 Å². The summed E-state index contributed by atoms with van der Waals surface area (Å²) in [5.41, 5.74) is 0.550. The lowest BCUT2D eigenvalue weighted by molar-refractivity contribution is -0.116. The number of hydrogen-bond donors (Lipinski definition) is 1. The molecule has 1 saturated heterocycles. The molecule has 0 bridgehead atoms. The van der Waals surface area contributed by atoms with E-state index in [9.17, 15) is 18.4 Å². The molecule has 0 unspecified atom stereocenters. The molecule has 2 aromatic carbocycles. The van der Waals surface area contributed by atoms with Crippen molar-refractivity contribution in [2.24, 2.45) is 0 Å². The highest BCUT2D eigenvalue weighted by atomic mass is 35.5. The van der Waals surface area contributed by atoms with Crippen LogP contribution in [0.1, 0.15) is 0 Å². The lowest BCUT2D eigenvalue weighted by Gasteiger charge is -2.18. The number of nitrogens with zero attached hydrogens (tertiary/aromatic N) is 2. The summed E-state index contributed by atoms with van der Waals surface area (Å²) in [4.78, 5) is 27.3. The van der Waals surface area contributed by atoms with Crippen LogP contribution in [-0.2, 0) is 4.79 Å². The topological polar surface area (TPSA) is 52.7 Å². The molecule has 0 aliphatic carbocycles. The standard InChI is InChI=1S/C17H14ClF2N3O2/c18-11-1-4-13(5-2-11)23-8-7-22(17(23)25)10-16(24)21-15-6-3-12(19)9-14(15)20/h1-6,9H,7-8,10H2,(H,21,24). The fraction of sp³-hybridized carbons (Fsp3) is 0.176. The third kappa shape index (κ3) is 3.88. The zero-order valence-electron chi connectivity index (χ0n) is 13.0. The average Bonchev–Trinajstić information content (AvgIpc) is 2.92. The summed E-state index contributed by atoms with van der Waals surface area (Å²) >= 11 is 5.83. The predicted octanol–water partition coefficient (Wildman–Crippen LogP) is 3.50. The normalized spacial score (nSPS) is 14.1. The molecule has 0 atom stereocenters. The number of carbonyl (C=O) groups excluding carboxylic acids is 2. The van der Waals surface area contributed by atoms with Crippen LogP contribution >= 0.6 is 11.6 Å². The van der Waals surface area contributed by atoms with Crippen LogP contribution in [0.5, 0.6) is 0 Å². The quantitative estimate of drug-likeness (QED) is 0.901. The van der Waals surface area contributed by atoms with E-state index in [4.69, 9.17) is 11.6 Å². The van der Waals surface area contributed by atoms with Crippen LogP contribution in [0.25, 0.3) is 0 Å². The third-order valence-electron chi connectivity index (χ3n) is 3.77. The van der Waals surface area contributed by atoms with Crippen molar-refractivity contribution >= 4 is 34.9 Å². The fourth-order valence-electron chi connectivity index (χ4n) is 2.54. The summed E-state index contributed by atoms with van der Waals surface area (Å²) in [6.07, 6.45) is 0. The van der Waals surface area contributed by atoms with Crippen LogP contribution in [0, 0.1) is 11.6 Å². The second kappa shape index (κ2) is 7.06. The van der Waals surface area contributed by atoms with Crippen LogP contribution < -0.4 is 10.2 Å². The third-order valence-corrected chi connectivity index (χ3v) is 4.02. The molecule has 0 spiro atoms. The molecule has 1 fully saturated rings. The second-order valence-electron chi connectivity index (χ2n) is 5.50. The van der Waals surface area contributed by atoms with Gasteiger partial charge in [0.05, 0.1) is 5.69 Å². The monoisotopic (exact) mass is 365 g/mol. The number of hydrogen-bond acceptors (Lipinski definition) is 2. The Bertz CT molecular complexity index is 814. The number of benzene rings is 2. The number of halogens is 3. The summed E-state index contributed by atoms with van der Waals surface area (Å²) in [7, 11) is 0. The maximum Gasteiger partial charge on any atom is 0.325 e. The number of rotatable bonds is 4. The maximum atomic E-state index is 13.6. The molecule has 3 amide bonds. The van der Waals surface area contributed by atoms with Crippen molar-refractivity contribution in [2.45, 2.75) is 0 Å². The van der Waals surface area contributed by atoms with E-state index in [0.29, 0.717) is 29.9 Å². The van der Waals surface area contributed by atoms with Gasteiger partial charge in [-0.15, -0.1) is 0 Å². The Morgan fingerprint density at radius 1 is 1.12 bits per heavy atom. The number of anilines is 2. The molecule has 2 aromatic rings. The Kier molecular flexibility index (Phi) is 4.85. The van der Waals surface area contributed by atoms with E-state index in [-0.39, 0.29) is 18.3 Å². The summed E-state index contributed by atoms with van der Waals surface area (Å²) < 4.78 is 26.4. The SMILES string of the molecule is O=C(CN1CCN(c2ccc(Cl)cc2)C1=O)Nc1ccc(F)cc1F. The van der Waals surface area contributed by atoms with E-state index in [2.05, 4.69) is 5.32 Å². The lowest BCUT2D eigenvalue weighted by atomic mass is 10.3. The van der Waals surface area contributed by atoms with Gasteiger partial charge in [-0.2, -0.15) is 0 Å². The minimum atomic E-state index is -0.871. The highest BCUT2D eigenvalue weighted by Gasteiger charge is 2.30. The molecular weight excluding hydrogens is 352 g/mol. The minimum Gasteiger partial charge on any atom is -0.322 e. The van der Waals surface area contributed by atoms with Crippen molar-refractivity contribution in [1.29, 1.82) is 0 Å². The first-order chi connectivity index (χ1) is 11.9. The first kappa shape index (κ1) is 17.2. The van der Waals surface area contributed by atoms with Gasteiger partial charge in [-0.05, 0) is 36.4 Å². The van der Waals surface area contributed by atoms with Crippen LogP contribution in [0.3, 0.4) is 0 Å². The van der Waals surface area contributed by atoms with Crippen LogP contribution in [0.2, 0.25) is 5.02 Å². The Balaban J connectivity index is 1.62. The van der Waals surface area contributed by atoms with Gasteiger partial charge in [-0.3, -0.25) is 9.69 Å². The van der Waals surface area contributed by atoms with Gasteiger partial charge < -0.3 is 10.2 Å². The largest absolute Gasteiger partial charge is 0.325 e. The number of carbonyl (C=O) groups is 2. The Morgan fingerprint density at radius 3 is 2.52 bits per heavy atom. The van der Waals surface area contributed by atoms with Crippen molar-refractivity contribution in [2.75, 3.05) is 29.9 Å². The molecule has 0 radical (unpaired) electrons. The van der Waals surface area contributed by atoms with Gasteiger partial charge in [-0.25, -0.2) is 13.6 Å². The molecule has 0 aromatic heterocycles. The van der Waals surface area contributed by atoms with Gasteiger partial charge in [0.2, 0.25) is 5.91 Å². The summed E-state index contributed by atoms with van der Waals surface area (Å²) in [6.45, 7) is 0.569. The molecule has 3 rings (SSSR count). The highest BCUT2D eigenvalue weighted by molar-refractivity contribution is 6.30. The Labute approximate surface area is 147 Å². The van der Waals surface area contributed by atoms with E-state index in [1.165, 1.54) is 9.80 Å². The zero-order valence-corrected chi connectivity index (χ0v) is 13.8. The van der Waals surface area contributed by atoms with Gasteiger partial charge >= 0.3 is 6.03 Å². The Hall–Kier alpha value is -2.67. The predicted molar refractivity (Wildman–Crippen MR) is 90.8 cm³/mol. The number of amides is 3. The molecule has 1 aliphatic heterocycles. The first-order valence-corrected chi connectivity index (χ1v) is 7.89. The van der Waals surface area contributed by atoms with E-state index in [1.807, 2.05) is 0 Å². The highest BCUT2D eigenvalue weighted by Crippen LogP contribution is 2.22. The smallest absolute Gasteiger partial charge is 0.322 e. The van der Waals surface area contributed by atoms with Crippen LogP contribution in [0.4, 0.5) is 25.0 Å². The summed E-state index contributed by atoms with van der Waals surface area (Å²) in [5, 5.41) is 2.90. The molecule has 1 heterocycles. The van der Waals surface area contributed by atoms with Crippen molar-refractivity contribution in [3.8, 4) is 0 Å². The van der Waals surface area contributed by atoms with E-state index in [1.54, 1.807) is 24.3 Å². The zero-order chi connectivity index (χ0) is 18.0. The van der Waals surface area contributed by atoms with Gasteiger partial charge in [0.15, 0.2) is 0 Å². The minimum absolute atomic E-state index is 0.132. The average molecular weight is 366 g/mol. The maximum absolute atomic E-state index is 13.6. The molecule has 8 heteroatoms. The van der Waals surface area contributed by atoms with Gasteiger partial charge in [-0.1, -0.05) is 11.6 Å². The van der Waals surface area contributed by atoms with E-state index < -0.39 is 17.5 Å². The summed E-state index contributed by atoms with van der Waals surface area (Å²) in [6, 6.07) is 9.33. The first-order valence-electron chi connectivity index (χ1n) is 7.51. The fourth-order valence-corrected chi connectivity index (χ4v) is 2.67. The van der Waals surface area contributed by atoms with Crippen molar-refractivity contribution < 1.29 is 18.4 Å². The molecule has 5 nitrogen and oxygen atoms in total. The van der Waals surface area contributed by atoms with Gasteiger partial charge in [0, 0.05) is 29.9 Å². The number of nitrogens with one attached hydrogen (secondary N) is 1. The molecule has 0 saturated carbocycles. The van der Waals surface area contributed by atoms with E-state index >= 15 is 0 Å². The molecule has 1 N–H and O–H groups in total. The second-order valence-corrected chi connectivity index (χ2v) is 5.94. The van der Waals surface area contributed by atoms with Crippen LogP contribution in [0.15, 0.2) is 42.5 Å². The van der Waals surface area contributed by atoms with E-state index in [0.717, 1.165) is 12.1 Å². The number of urea groups is 1. The van der Waals surface area contributed by atoms with Crippen molar-refractivity contribution in [3.63, 3.8) is 0 Å². The Morgan fingerprint density at radius 2 is 1.84 bits per heavy atom. The lowest BCUT2D eigenvalue weighted by Crippen LogP contribution is -2.37. The van der Waals surface area contributed by atoms with Gasteiger partial charge in [0.1, 0.15) is 18.2 Å². The summed E-state index contributed by atoms with van der Waals surface area (Å²) in [5.74, 6) is -2.16. The van der Waals surface area contributed by atoms with Crippen molar-refractivity contribution in [1.82, 2.24) is 4.90 Å². The van der Waals surface area contributed by atoms with Crippen LogP contribution in [-0.4, -0.2) is 36.5 Å². The molecule has 25 heavy (non-hydrogen) atoms. The van der Waals surface area contributed by atoms with Crippen molar-refractivity contribution in [3.05, 3.63) is 59.1 Å². The molecule has 1 aliphatic rings.